The van der Waals surface area contributed by atoms with Crippen LogP contribution in [-0.2, 0) is 0 Å². The van der Waals surface area contributed by atoms with Crippen LogP contribution in [0, 0.1) is 11.3 Å². The number of hydrogen-bond acceptors (Lipinski definition) is 2. The van der Waals surface area contributed by atoms with Crippen LogP contribution in [0.15, 0.2) is 0 Å². The van der Waals surface area contributed by atoms with Crippen molar-refractivity contribution in [3.63, 3.8) is 0 Å². The lowest BCUT2D eigenvalue weighted by molar-refractivity contribution is 0.140. The summed E-state index contributed by atoms with van der Waals surface area (Å²) < 4.78 is 0. The highest BCUT2D eigenvalue weighted by Crippen LogP contribution is 2.38. The molecule has 3 unspecified atom stereocenters. The van der Waals surface area contributed by atoms with Gasteiger partial charge in [-0.25, -0.2) is 0 Å². The summed E-state index contributed by atoms with van der Waals surface area (Å²) in [6.45, 7) is 10.7. The average molecular weight is 240 g/mol. The van der Waals surface area contributed by atoms with Crippen LogP contribution in [0.2, 0.25) is 0 Å². The molecule has 0 spiro atoms. The Morgan fingerprint density at radius 2 is 2.00 bits per heavy atom. The van der Waals surface area contributed by atoms with Gasteiger partial charge in [-0.3, -0.25) is 0 Å². The summed E-state index contributed by atoms with van der Waals surface area (Å²) in [6.07, 6.45) is 5.33. The third-order valence-electron chi connectivity index (χ3n) is 4.20. The van der Waals surface area contributed by atoms with Gasteiger partial charge in [0.15, 0.2) is 0 Å². The van der Waals surface area contributed by atoms with E-state index in [2.05, 4.69) is 52.0 Å². The fraction of sp³-hybridized carbons (Fsp3) is 1.00. The predicted molar refractivity (Wildman–Crippen MR) is 76.4 cm³/mol. The monoisotopic (exact) mass is 240 g/mol. The van der Waals surface area contributed by atoms with Gasteiger partial charge in [0.1, 0.15) is 0 Å². The van der Waals surface area contributed by atoms with Crippen molar-refractivity contribution in [1.82, 2.24) is 10.2 Å². The smallest absolute Gasteiger partial charge is 0.00955 e. The van der Waals surface area contributed by atoms with Crippen molar-refractivity contribution >= 4 is 0 Å². The molecule has 0 bridgehead atoms. The standard InChI is InChI=1S/C15H32N2/c1-12-11-15(3,4)9-7-14(12)16-13(2)8-10-17(5)6/h12-14,16H,7-11H2,1-6H3. The highest BCUT2D eigenvalue weighted by atomic mass is 15.1. The fourth-order valence-corrected chi connectivity index (χ4v) is 3.09. The van der Waals surface area contributed by atoms with Crippen molar-refractivity contribution < 1.29 is 0 Å². The molecule has 3 atom stereocenters. The van der Waals surface area contributed by atoms with Crippen LogP contribution in [0.3, 0.4) is 0 Å². The van der Waals surface area contributed by atoms with Crippen LogP contribution in [-0.4, -0.2) is 37.6 Å². The Morgan fingerprint density at radius 3 is 2.53 bits per heavy atom. The first-order valence-electron chi connectivity index (χ1n) is 7.21. The first-order chi connectivity index (χ1) is 7.80. The van der Waals surface area contributed by atoms with E-state index < -0.39 is 0 Å². The summed E-state index contributed by atoms with van der Waals surface area (Å²) in [5.41, 5.74) is 0.560. The quantitative estimate of drug-likeness (QED) is 0.794. The van der Waals surface area contributed by atoms with Crippen LogP contribution in [0.25, 0.3) is 0 Å². The Bertz CT molecular complexity index is 223. The van der Waals surface area contributed by atoms with Crippen LogP contribution >= 0.6 is 0 Å². The largest absolute Gasteiger partial charge is 0.311 e. The Kier molecular flexibility index (Phi) is 5.46. The molecule has 0 aromatic rings. The lowest BCUT2D eigenvalue weighted by atomic mass is 9.70. The van der Waals surface area contributed by atoms with Crippen LogP contribution in [0.4, 0.5) is 0 Å². The van der Waals surface area contributed by atoms with Gasteiger partial charge in [-0.1, -0.05) is 20.8 Å². The summed E-state index contributed by atoms with van der Waals surface area (Å²) in [6, 6.07) is 1.38. The third kappa shape index (κ3) is 5.39. The van der Waals surface area contributed by atoms with E-state index in [4.69, 9.17) is 0 Å². The molecular formula is C15H32N2. The molecule has 1 rings (SSSR count). The SMILES string of the molecule is CC(CCN(C)C)NC1CCC(C)(C)CC1C. The van der Waals surface area contributed by atoms with Gasteiger partial charge in [-0.2, -0.15) is 0 Å². The Hall–Kier alpha value is -0.0800. The summed E-state index contributed by atoms with van der Waals surface area (Å²) >= 11 is 0. The molecule has 1 fully saturated rings. The minimum Gasteiger partial charge on any atom is -0.311 e. The number of hydrogen-bond donors (Lipinski definition) is 1. The van der Waals surface area contributed by atoms with Gasteiger partial charge in [0.25, 0.3) is 0 Å². The van der Waals surface area contributed by atoms with Gasteiger partial charge < -0.3 is 10.2 Å². The van der Waals surface area contributed by atoms with Gasteiger partial charge in [-0.15, -0.1) is 0 Å². The van der Waals surface area contributed by atoms with E-state index in [1.807, 2.05) is 0 Å². The van der Waals surface area contributed by atoms with Crippen molar-refractivity contribution in [2.45, 2.75) is 65.5 Å². The molecular weight excluding hydrogens is 208 g/mol. The number of nitrogens with one attached hydrogen (secondary N) is 1. The van der Waals surface area contributed by atoms with Crippen LogP contribution in [0.1, 0.15) is 53.4 Å². The molecule has 1 saturated carbocycles. The van der Waals surface area contributed by atoms with E-state index in [0.717, 1.165) is 12.0 Å². The third-order valence-corrected chi connectivity index (χ3v) is 4.20. The topological polar surface area (TPSA) is 15.3 Å². The molecule has 1 N–H and O–H groups in total. The summed E-state index contributed by atoms with van der Waals surface area (Å²) in [7, 11) is 4.30. The molecule has 0 radical (unpaired) electrons. The Balaban J connectivity index is 2.32. The molecule has 2 heteroatoms. The normalized spacial score (nSPS) is 30.5. The van der Waals surface area contributed by atoms with Crippen molar-refractivity contribution in [2.75, 3.05) is 20.6 Å². The van der Waals surface area contributed by atoms with Gasteiger partial charge >= 0.3 is 0 Å². The molecule has 0 aliphatic heterocycles. The maximum absolute atomic E-state index is 3.84. The Morgan fingerprint density at radius 1 is 1.35 bits per heavy atom. The van der Waals surface area contributed by atoms with Crippen LogP contribution in [0.5, 0.6) is 0 Å². The first kappa shape index (κ1) is 15.0. The molecule has 0 amide bonds. The van der Waals surface area contributed by atoms with Gasteiger partial charge in [0.2, 0.25) is 0 Å². The zero-order valence-electron chi connectivity index (χ0n) is 12.7. The second-order valence-electron chi connectivity index (χ2n) is 7.15. The zero-order valence-corrected chi connectivity index (χ0v) is 12.7. The van der Waals surface area contributed by atoms with E-state index in [1.165, 1.54) is 32.2 Å². The predicted octanol–water partition coefficient (Wildman–Crippen LogP) is 3.13. The lowest BCUT2D eigenvalue weighted by Gasteiger charge is -2.41. The van der Waals surface area contributed by atoms with Crippen LogP contribution < -0.4 is 5.32 Å². The van der Waals surface area contributed by atoms with Crippen molar-refractivity contribution in [2.24, 2.45) is 11.3 Å². The maximum Gasteiger partial charge on any atom is 0.00955 e. The second kappa shape index (κ2) is 6.19. The molecule has 102 valence electrons. The van der Waals surface area contributed by atoms with Gasteiger partial charge in [-0.05, 0) is 64.6 Å². The number of nitrogens with zero attached hydrogens (tertiary/aromatic N) is 1. The molecule has 0 saturated heterocycles. The summed E-state index contributed by atoms with van der Waals surface area (Å²) in [5.74, 6) is 0.820. The number of rotatable bonds is 5. The second-order valence-corrected chi connectivity index (χ2v) is 7.15. The fourth-order valence-electron chi connectivity index (χ4n) is 3.09. The van der Waals surface area contributed by atoms with Crippen molar-refractivity contribution in [3.8, 4) is 0 Å². The van der Waals surface area contributed by atoms with Crippen molar-refractivity contribution in [3.05, 3.63) is 0 Å². The summed E-state index contributed by atoms with van der Waals surface area (Å²) in [4.78, 5) is 2.27. The Labute approximate surface area is 108 Å². The van der Waals surface area contributed by atoms with Gasteiger partial charge in [0.05, 0.1) is 0 Å². The molecule has 0 aromatic heterocycles. The van der Waals surface area contributed by atoms with Gasteiger partial charge in [0, 0.05) is 12.1 Å². The van der Waals surface area contributed by atoms with E-state index in [0.29, 0.717) is 11.5 Å². The molecule has 1 aliphatic rings. The summed E-state index contributed by atoms with van der Waals surface area (Å²) in [5, 5.41) is 3.84. The van der Waals surface area contributed by atoms with E-state index in [1.54, 1.807) is 0 Å². The first-order valence-corrected chi connectivity index (χ1v) is 7.21. The van der Waals surface area contributed by atoms with E-state index >= 15 is 0 Å². The zero-order chi connectivity index (χ0) is 13.1. The minimum atomic E-state index is 0.560. The maximum atomic E-state index is 3.84. The highest BCUT2D eigenvalue weighted by molar-refractivity contribution is 4.87. The molecule has 2 nitrogen and oxygen atoms in total. The molecule has 17 heavy (non-hydrogen) atoms. The van der Waals surface area contributed by atoms with Crippen molar-refractivity contribution in [1.29, 1.82) is 0 Å². The van der Waals surface area contributed by atoms with E-state index in [9.17, 15) is 0 Å². The minimum absolute atomic E-state index is 0.560. The average Bonchev–Trinajstić information content (AvgIpc) is 2.18. The molecule has 0 aromatic carbocycles. The highest BCUT2D eigenvalue weighted by Gasteiger charge is 2.32. The molecule has 0 heterocycles. The lowest BCUT2D eigenvalue weighted by Crippen LogP contribution is -2.46. The van der Waals surface area contributed by atoms with E-state index in [-0.39, 0.29) is 0 Å². The molecule has 1 aliphatic carbocycles.